The van der Waals surface area contributed by atoms with E-state index < -0.39 is 0 Å². The van der Waals surface area contributed by atoms with Crippen molar-refractivity contribution < 1.29 is 4.42 Å². The summed E-state index contributed by atoms with van der Waals surface area (Å²) in [6.45, 7) is 0. The van der Waals surface area contributed by atoms with Crippen molar-refractivity contribution in [1.82, 2.24) is 15.0 Å². The topological polar surface area (TPSA) is 51.8 Å². The standard InChI is InChI=1S/C51H31N3OS/c1-3-13-34(14-4-1)49-52-50(35-15-5-2-6-16-35)54-51(53-49)37-18-11-17-36(29-37)38-30-43(47-44(31-38)40-19-7-9-23-45(40)55-47)33-27-25-32(26-28-33)39-21-12-22-42-41-20-8-10-24-46(41)56-48(39)42/h1-31H. The minimum absolute atomic E-state index is 0.624. The Morgan fingerprint density at radius 2 is 0.893 bits per heavy atom. The van der Waals surface area contributed by atoms with Crippen molar-refractivity contribution in [3.8, 4) is 67.5 Å². The molecular formula is C51H31N3OS. The van der Waals surface area contributed by atoms with E-state index in [1.165, 1.54) is 31.3 Å². The van der Waals surface area contributed by atoms with E-state index in [1.807, 2.05) is 84.1 Å². The Hall–Kier alpha value is -7.21. The molecule has 0 amide bonds. The normalized spacial score (nSPS) is 11.6. The van der Waals surface area contributed by atoms with E-state index in [9.17, 15) is 0 Å². The summed E-state index contributed by atoms with van der Waals surface area (Å²) >= 11 is 1.86. The largest absolute Gasteiger partial charge is 0.455 e. The lowest BCUT2D eigenvalue weighted by atomic mass is 9.94. The highest BCUT2D eigenvalue weighted by atomic mass is 32.1. The monoisotopic (exact) mass is 733 g/mol. The molecule has 8 aromatic carbocycles. The second-order valence-corrected chi connectivity index (χ2v) is 15.0. The summed E-state index contributed by atoms with van der Waals surface area (Å²) in [6, 6.07) is 65.7. The number of aromatic nitrogens is 3. The van der Waals surface area contributed by atoms with Crippen LogP contribution in [0.5, 0.6) is 0 Å². The van der Waals surface area contributed by atoms with Crippen LogP contribution in [0.15, 0.2) is 192 Å². The molecule has 0 aliphatic heterocycles. The molecule has 56 heavy (non-hydrogen) atoms. The molecule has 3 heterocycles. The van der Waals surface area contributed by atoms with Crippen LogP contribution in [0.2, 0.25) is 0 Å². The summed E-state index contributed by atoms with van der Waals surface area (Å²) in [6.07, 6.45) is 0. The van der Waals surface area contributed by atoms with Crippen molar-refractivity contribution >= 4 is 53.4 Å². The maximum Gasteiger partial charge on any atom is 0.164 e. The maximum atomic E-state index is 6.61. The Balaban J connectivity index is 1.04. The van der Waals surface area contributed by atoms with Gasteiger partial charge in [-0.2, -0.15) is 0 Å². The highest BCUT2D eigenvalue weighted by Gasteiger charge is 2.18. The number of thiophene rings is 1. The van der Waals surface area contributed by atoms with E-state index in [1.54, 1.807) is 0 Å². The predicted molar refractivity (Wildman–Crippen MR) is 233 cm³/mol. The first-order chi connectivity index (χ1) is 27.7. The predicted octanol–water partition coefficient (Wildman–Crippen LogP) is 14.1. The van der Waals surface area contributed by atoms with Crippen LogP contribution in [0.25, 0.3) is 110 Å². The molecule has 262 valence electrons. The molecule has 5 heteroatoms. The van der Waals surface area contributed by atoms with Gasteiger partial charge in [0.05, 0.1) is 0 Å². The molecule has 0 atom stereocenters. The zero-order valence-electron chi connectivity index (χ0n) is 30.1. The summed E-state index contributed by atoms with van der Waals surface area (Å²) in [7, 11) is 0. The number of para-hydroxylation sites is 1. The first-order valence-corrected chi connectivity index (χ1v) is 19.5. The minimum atomic E-state index is 0.624. The van der Waals surface area contributed by atoms with Crippen LogP contribution in [-0.4, -0.2) is 15.0 Å². The first-order valence-electron chi connectivity index (χ1n) is 18.7. The van der Waals surface area contributed by atoms with Crippen LogP contribution in [0.3, 0.4) is 0 Å². The van der Waals surface area contributed by atoms with Crippen LogP contribution in [0.1, 0.15) is 0 Å². The van der Waals surface area contributed by atoms with Gasteiger partial charge in [0, 0.05) is 53.2 Å². The van der Waals surface area contributed by atoms with Crippen molar-refractivity contribution in [2.24, 2.45) is 0 Å². The molecule has 4 nitrogen and oxygen atoms in total. The zero-order valence-corrected chi connectivity index (χ0v) is 30.9. The fraction of sp³-hybridized carbons (Fsp3) is 0. The van der Waals surface area contributed by atoms with E-state index in [0.29, 0.717) is 17.5 Å². The van der Waals surface area contributed by atoms with Crippen LogP contribution in [-0.2, 0) is 0 Å². The molecule has 0 aliphatic carbocycles. The first kappa shape index (κ1) is 32.2. The number of rotatable bonds is 6. The Kier molecular flexibility index (Phi) is 7.64. The lowest BCUT2D eigenvalue weighted by Crippen LogP contribution is -2.00. The SMILES string of the molecule is c1ccc(-c2nc(-c3ccccc3)nc(-c3cccc(-c4cc(-c5ccc(-c6cccc7c6sc6ccccc67)cc5)c5oc6ccccc6c5c4)c3)n2)cc1. The lowest BCUT2D eigenvalue weighted by molar-refractivity contribution is 0.670. The maximum absolute atomic E-state index is 6.61. The molecular weight excluding hydrogens is 703 g/mol. The molecule has 0 bridgehead atoms. The number of benzene rings is 8. The Bertz CT molecular complexity index is 3180. The van der Waals surface area contributed by atoms with Gasteiger partial charge in [0.2, 0.25) is 0 Å². The Morgan fingerprint density at radius 1 is 0.339 bits per heavy atom. The van der Waals surface area contributed by atoms with Gasteiger partial charge >= 0.3 is 0 Å². The van der Waals surface area contributed by atoms with E-state index in [-0.39, 0.29) is 0 Å². The molecule has 11 rings (SSSR count). The zero-order chi connectivity index (χ0) is 37.0. The number of hydrogen-bond acceptors (Lipinski definition) is 5. The van der Waals surface area contributed by atoms with Crippen LogP contribution >= 0.6 is 11.3 Å². The molecule has 0 spiro atoms. The molecule has 11 aromatic rings. The van der Waals surface area contributed by atoms with Gasteiger partial charge in [0.1, 0.15) is 11.2 Å². The Labute approximate surface area is 327 Å². The summed E-state index contributed by atoms with van der Waals surface area (Å²) < 4.78 is 9.23. The highest BCUT2D eigenvalue weighted by Crippen LogP contribution is 2.43. The minimum Gasteiger partial charge on any atom is -0.455 e. The van der Waals surface area contributed by atoms with E-state index in [2.05, 4.69) is 115 Å². The molecule has 0 radical (unpaired) electrons. The number of furan rings is 1. The van der Waals surface area contributed by atoms with Crippen molar-refractivity contribution in [2.75, 3.05) is 0 Å². The summed E-state index contributed by atoms with van der Waals surface area (Å²) in [5.74, 6) is 1.90. The third kappa shape index (κ3) is 5.56. The van der Waals surface area contributed by atoms with Crippen LogP contribution in [0.4, 0.5) is 0 Å². The molecule has 0 saturated heterocycles. The second-order valence-electron chi connectivity index (χ2n) is 14.0. The third-order valence-electron chi connectivity index (χ3n) is 10.5. The van der Waals surface area contributed by atoms with E-state index in [0.717, 1.165) is 60.9 Å². The molecule has 0 unspecified atom stereocenters. The second kappa shape index (κ2) is 13.3. The van der Waals surface area contributed by atoms with Gasteiger partial charge < -0.3 is 4.42 Å². The van der Waals surface area contributed by atoms with Crippen molar-refractivity contribution in [1.29, 1.82) is 0 Å². The average Bonchev–Trinajstić information content (AvgIpc) is 3.85. The van der Waals surface area contributed by atoms with Crippen molar-refractivity contribution in [2.45, 2.75) is 0 Å². The summed E-state index contributed by atoms with van der Waals surface area (Å²) in [5.41, 5.74) is 11.3. The summed E-state index contributed by atoms with van der Waals surface area (Å²) in [4.78, 5) is 14.9. The number of hydrogen-bond donors (Lipinski definition) is 0. The molecule has 3 aromatic heterocycles. The van der Waals surface area contributed by atoms with Gasteiger partial charge in [-0.25, -0.2) is 15.0 Å². The number of nitrogens with zero attached hydrogens (tertiary/aromatic N) is 3. The van der Waals surface area contributed by atoms with E-state index in [4.69, 9.17) is 19.4 Å². The van der Waals surface area contributed by atoms with Gasteiger partial charge in [0.15, 0.2) is 17.5 Å². The van der Waals surface area contributed by atoms with Gasteiger partial charge in [-0.1, -0.05) is 158 Å². The lowest BCUT2D eigenvalue weighted by Gasteiger charge is -2.11. The highest BCUT2D eigenvalue weighted by molar-refractivity contribution is 7.26. The fourth-order valence-corrected chi connectivity index (χ4v) is 9.03. The molecule has 0 aliphatic rings. The van der Waals surface area contributed by atoms with Crippen LogP contribution < -0.4 is 0 Å². The molecule has 0 fully saturated rings. The van der Waals surface area contributed by atoms with E-state index >= 15 is 0 Å². The van der Waals surface area contributed by atoms with Gasteiger partial charge in [-0.3, -0.25) is 0 Å². The third-order valence-corrected chi connectivity index (χ3v) is 11.8. The molecule has 0 saturated carbocycles. The van der Waals surface area contributed by atoms with Gasteiger partial charge in [-0.15, -0.1) is 11.3 Å². The van der Waals surface area contributed by atoms with Crippen molar-refractivity contribution in [3.05, 3.63) is 188 Å². The van der Waals surface area contributed by atoms with Gasteiger partial charge in [-0.05, 0) is 58.1 Å². The van der Waals surface area contributed by atoms with Gasteiger partial charge in [0.25, 0.3) is 0 Å². The average molecular weight is 734 g/mol. The summed E-state index contributed by atoms with van der Waals surface area (Å²) in [5, 5.41) is 4.78. The van der Waals surface area contributed by atoms with Crippen molar-refractivity contribution in [3.63, 3.8) is 0 Å². The Morgan fingerprint density at radius 3 is 1.62 bits per heavy atom. The molecule has 0 N–H and O–H groups in total. The smallest absolute Gasteiger partial charge is 0.164 e. The fourth-order valence-electron chi connectivity index (χ4n) is 7.79. The van der Waals surface area contributed by atoms with Crippen LogP contribution in [0, 0.1) is 0 Å². The number of fused-ring (bicyclic) bond motifs is 6. The quantitative estimate of drug-likeness (QED) is 0.171.